The van der Waals surface area contributed by atoms with Crippen LogP contribution < -0.4 is 10.2 Å². The molecule has 1 heterocycles. The standard InChI is InChI=1S/C19H17Cl3N2O7/c20-8-1-4-10(5-2-8)24(19(30)23-9-3-6-11(21)12(22)7-9)17-15(27)13(25)14(26)16(31-17)18(28)29/h1-7,13-17,25-27H,(H,23,30)(H,28,29)/t13-,14-,15+,16-,17?/m0/s1. The summed E-state index contributed by atoms with van der Waals surface area (Å²) in [6.45, 7) is 0. The quantitative estimate of drug-likeness (QED) is 0.443. The van der Waals surface area contributed by atoms with Crippen molar-refractivity contribution >= 4 is 58.2 Å². The summed E-state index contributed by atoms with van der Waals surface area (Å²) < 4.78 is 5.32. The molecule has 2 aromatic rings. The number of hydrogen-bond donors (Lipinski definition) is 5. The van der Waals surface area contributed by atoms with Gasteiger partial charge in [0.05, 0.1) is 10.0 Å². The molecule has 12 heteroatoms. The van der Waals surface area contributed by atoms with Gasteiger partial charge in [-0.25, -0.2) is 9.59 Å². The highest BCUT2D eigenvalue weighted by atomic mass is 35.5. The SMILES string of the molecule is O=C(O)[C@H]1OC(N(C(=O)Nc2ccc(Cl)c(Cl)c2)c2ccc(Cl)cc2)[C@H](O)[C@@H](O)[C@@H]1O. The van der Waals surface area contributed by atoms with E-state index in [1.165, 1.54) is 42.5 Å². The maximum absolute atomic E-state index is 13.1. The first-order valence-electron chi connectivity index (χ1n) is 8.83. The minimum atomic E-state index is -1.91. The van der Waals surface area contributed by atoms with E-state index in [0.29, 0.717) is 5.02 Å². The van der Waals surface area contributed by atoms with Crippen LogP contribution in [0.2, 0.25) is 15.1 Å². The number of nitrogens with one attached hydrogen (secondary N) is 1. The van der Waals surface area contributed by atoms with Crippen molar-refractivity contribution in [3.05, 3.63) is 57.5 Å². The number of aliphatic carboxylic acids is 1. The number of nitrogens with zero attached hydrogens (tertiary/aromatic N) is 1. The number of rotatable bonds is 4. The molecule has 1 unspecified atom stereocenters. The van der Waals surface area contributed by atoms with E-state index in [0.717, 1.165) is 4.90 Å². The second-order valence-electron chi connectivity index (χ2n) is 6.66. The predicted octanol–water partition coefficient (Wildman–Crippen LogP) is 2.58. The van der Waals surface area contributed by atoms with Gasteiger partial charge in [-0.2, -0.15) is 0 Å². The van der Waals surface area contributed by atoms with Crippen molar-refractivity contribution in [2.75, 3.05) is 10.2 Å². The number of aliphatic hydroxyl groups is 3. The Bertz CT molecular complexity index is 975. The molecular weight excluding hydrogens is 475 g/mol. The van der Waals surface area contributed by atoms with E-state index in [1.54, 1.807) is 0 Å². The zero-order valence-electron chi connectivity index (χ0n) is 15.5. The third kappa shape index (κ3) is 5.04. The van der Waals surface area contributed by atoms with Crippen LogP contribution in [0.25, 0.3) is 0 Å². The Balaban J connectivity index is 1.99. The molecule has 5 atom stereocenters. The summed E-state index contributed by atoms with van der Waals surface area (Å²) in [7, 11) is 0. The Morgan fingerprint density at radius 1 is 0.903 bits per heavy atom. The van der Waals surface area contributed by atoms with E-state index in [-0.39, 0.29) is 21.4 Å². The molecular formula is C19H17Cl3N2O7. The van der Waals surface area contributed by atoms with Gasteiger partial charge in [0.15, 0.2) is 12.3 Å². The molecule has 3 rings (SSSR count). The smallest absolute Gasteiger partial charge is 0.335 e. The van der Waals surface area contributed by atoms with Gasteiger partial charge in [-0.15, -0.1) is 0 Å². The van der Waals surface area contributed by atoms with Crippen molar-refractivity contribution in [1.29, 1.82) is 0 Å². The topological polar surface area (TPSA) is 140 Å². The van der Waals surface area contributed by atoms with E-state index in [4.69, 9.17) is 39.5 Å². The molecule has 0 aromatic heterocycles. The number of benzene rings is 2. The van der Waals surface area contributed by atoms with Gasteiger partial charge in [-0.1, -0.05) is 34.8 Å². The fourth-order valence-electron chi connectivity index (χ4n) is 3.02. The van der Waals surface area contributed by atoms with Gasteiger partial charge < -0.3 is 30.5 Å². The fourth-order valence-corrected chi connectivity index (χ4v) is 3.44. The summed E-state index contributed by atoms with van der Waals surface area (Å²) >= 11 is 17.8. The van der Waals surface area contributed by atoms with Gasteiger partial charge in [0.2, 0.25) is 0 Å². The lowest BCUT2D eigenvalue weighted by Gasteiger charge is -2.43. The average Bonchev–Trinajstić information content (AvgIpc) is 2.72. The molecule has 0 radical (unpaired) electrons. The van der Waals surface area contributed by atoms with Crippen LogP contribution in [0.1, 0.15) is 0 Å². The maximum atomic E-state index is 13.1. The van der Waals surface area contributed by atoms with Gasteiger partial charge in [0.1, 0.15) is 18.3 Å². The number of hydrogen-bond acceptors (Lipinski definition) is 6. The minimum Gasteiger partial charge on any atom is -0.479 e. The third-order valence-electron chi connectivity index (χ3n) is 4.58. The predicted molar refractivity (Wildman–Crippen MR) is 114 cm³/mol. The first-order chi connectivity index (χ1) is 14.6. The van der Waals surface area contributed by atoms with Crippen LogP contribution in [0.15, 0.2) is 42.5 Å². The van der Waals surface area contributed by atoms with Crippen molar-refractivity contribution in [3.8, 4) is 0 Å². The van der Waals surface area contributed by atoms with Crippen molar-refractivity contribution < 1.29 is 34.8 Å². The van der Waals surface area contributed by atoms with Gasteiger partial charge in [-0.3, -0.25) is 4.90 Å². The molecule has 31 heavy (non-hydrogen) atoms. The number of carboxylic acid groups (broad SMARTS) is 1. The molecule has 1 aliphatic heterocycles. The number of halogens is 3. The zero-order chi connectivity index (χ0) is 22.9. The van der Waals surface area contributed by atoms with Crippen LogP contribution in [-0.2, 0) is 9.53 Å². The summed E-state index contributed by atoms with van der Waals surface area (Å²) in [6, 6.07) is 9.26. The van der Waals surface area contributed by atoms with Crippen molar-refractivity contribution in [2.45, 2.75) is 30.6 Å². The van der Waals surface area contributed by atoms with E-state index in [2.05, 4.69) is 5.32 Å². The summed E-state index contributed by atoms with van der Waals surface area (Å²) in [5.74, 6) is -1.58. The Kier molecular flexibility index (Phi) is 7.28. The molecule has 166 valence electrons. The third-order valence-corrected chi connectivity index (χ3v) is 5.57. The van der Waals surface area contributed by atoms with Gasteiger partial charge >= 0.3 is 12.0 Å². The lowest BCUT2D eigenvalue weighted by molar-refractivity contribution is -0.225. The number of urea groups is 1. The molecule has 0 aliphatic carbocycles. The number of amides is 2. The Morgan fingerprint density at radius 2 is 1.55 bits per heavy atom. The van der Waals surface area contributed by atoms with E-state index in [9.17, 15) is 30.0 Å². The average molecular weight is 492 g/mol. The first-order valence-corrected chi connectivity index (χ1v) is 9.97. The summed E-state index contributed by atoms with van der Waals surface area (Å²) in [4.78, 5) is 25.5. The Hall–Kier alpha value is -2.11. The van der Waals surface area contributed by atoms with Crippen molar-refractivity contribution in [3.63, 3.8) is 0 Å². The largest absolute Gasteiger partial charge is 0.479 e. The second-order valence-corrected chi connectivity index (χ2v) is 7.91. The van der Waals surface area contributed by atoms with Gasteiger partial charge in [-0.05, 0) is 42.5 Å². The maximum Gasteiger partial charge on any atom is 0.335 e. The van der Waals surface area contributed by atoms with Gasteiger partial charge in [0.25, 0.3) is 0 Å². The highest BCUT2D eigenvalue weighted by molar-refractivity contribution is 6.42. The van der Waals surface area contributed by atoms with E-state index >= 15 is 0 Å². The Morgan fingerprint density at radius 3 is 2.13 bits per heavy atom. The normalized spacial score (nSPS) is 25.7. The van der Waals surface area contributed by atoms with Gasteiger partial charge in [0, 0.05) is 16.4 Å². The van der Waals surface area contributed by atoms with Crippen LogP contribution in [0.5, 0.6) is 0 Å². The van der Waals surface area contributed by atoms with Crippen molar-refractivity contribution in [1.82, 2.24) is 0 Å². The van der Waals surface area contributed by atoms with E-state index < -0.39 is 42.6 Å². The summed E-state index contributed by atoms with van der Waals surface area (Å²) in [5.41, 5.74) is 0.415. The van der Waals surface area contributed by atoms with Crippen molar-refractivity contribution in [2.24, 2.45) is 0 Å². The number of anilines is 2. The highest BCUT2D eigenvalue weighted by Gasteiger charge is 2.50. The second kappa shape index (κ2) is 9.58. The number of aliphatic hydroxyl groups excluding tert-OH is 3. The lowest BCUT2D eigenvalue weighted by Crippen LogP contribution is -2.65. The van der Waals surface area contributed by atoms with Crippen LogP contribution in [0.4, 0.5) is 16.2 Å². The van der Waals surface area contributed by atoms with Crippen LogP contribution >= 0.6 is 34.8 Å². The molecule has 1 aliphatic rings. The summed E-state index contributed by atoms with van der Waals surface area (Å²) in [5, 5.41) is 43.2. The molecule has 9 nitrogen and oxygen atoms in total. The number of carbonyl (C=O) groups excluding carboxylic acids is 1. The Labute approximate surface area is 191 Å². The molecule has 2 aromatic carbocycles. The molecule has 2 amide bonds. The molecule has 1 fully saturated rings. The fraction of sp³-hybridized carbons (Fsp3) is 0.263. The van der Waals surface area contributed by atoms with E-state index in [1.807, 2.05) is 0 Å². The first kappa shape index (κ1) is 23.6. The summed E-state index contributed by atoms with van der Waals surface area (Å²) in [6.07, 6.45) is -9.19. The van der Waals surface area contributed by atoms with Crippen LogP contribution in [0.3, 0.4) is 0 Å². The van der Waals surface area contributed by atoms with Crippen LogP contribution in [-0.4, -0.2) is 63.1 Å². The minimum absolute atomic E-state index is 0.165. The number of ether oxygens (including phenoxy) is 1. The zero-order valence-corrected chi connectivity index (χ0v) is 17.8. The molecule has 0 spiro atoms. The molecule has 0 bridgehead atoms. The number of carboxylic acids is 1. The lowest BCUT2D eigenvalue weighted by atomic mass is 9.97. The molecule has 5 N–H and O–H groups in total. The molecule has 0 saturated carbocycles. The molecule has 1 saturated heterocycles. The van der Waals surface area contributed by atoms with Crippen LogP contribution in [0, 0.1) is 0 Å². The highest BCUT2D eigenvalue weighted by Crippen LogP contribution is 2.30. The monoisotopic (exact) mass is 490 g/mol. The number of carbonyl (C=O) groups is 2.